The van der Waals surface area contributed by atoms with E-state index in [2.05, 4.69) is 17.1 Å². The molecular weight excluding hydrogens is 262 g/mol. The molecule has 1 saturated heterocycles. The van der Waals surface area contributed by atoms with Crippen molar-refractivity contribution in [1.29, 1.82) is 0 Å². The molecule has 1 amide bonds. The lowest BCUT2D eigenvalue weighted by Crippen LogP contribution is -2.32. The maximum atomic E-state index is 12.6. The van der Waals surface area contributed by atoms with E-state index >= 15 is 0 Å². The number of hydrogen-bond donors (Lipinski definition) is 1. The van der Waals surface area contributed by atoms with Crippen LogP contribution in [0.2, 0.25) is 0 Å². The van der Waals surface area contributed by atoms with E-state index in [1.807, 2.05) is 36.1 Å². The Hall–Kier alpha value is -2.20. The third kappa shape index (κ3) is 2.81. The van der Waals surface area contributed by atoms with Gasteiger partial charge < -0.3 is 10.6 Å². The Balaban J connectivity index is 1.78. The van der Waals surface area contributed by atoms with Crippen molar-refractivity contribution in [2.45, 2.75) is 18.9 Å². The highest BCUT2D eigenvalue weighted by Gasteiger charge is 2.34. The highest BCUT2D eigenvalue weighted by Crippen LogP contribution is 2.27. The van der Waals surface area contributed by atoms with Crippen molar-refractivity contribution in [1.82, 2.24) is 9.88 Å². The second-order valence-corrected chi connectivity index (χ2v) is 5.64. The molecule has 108 valence electrons. The number of nitrogens with zero attached hydrogens (tertiary/aromatic N) is 2. The first-order valence-corrected chi connectivity index (χ1v) is 7.16. The molecule has 1 aromatic carbocycles. The van der Waals surface area contributed by atoms with E-state index in [1.54, 1.807) is 12.4 Å². The zero-order valence-corrected chi connectivity index (χ0v) is 12.1. The van der Waals surface area contributed by atoms with Gasteiger partial charge in [-0.3, -0.25) is 9.78 Å². The van der Waals surface area contributed by atoms with E-state index in [9.17, 15) is 4.79 Å². The first-order valence-electron chi connectivity index (χ1n) is 7.16. The molecule has 2 atom stereocenters. The third-order valence-electron chi connectivity index (χ3n) is 4.00. The number of rotatable bonds is 2. The summed E-state index contributed by atoms with van der Waals surface area (Å²) in [6.45, 7) is 3.19. The summed E-state index contributed by atoms with van der Waals surface area (Å²) in [6, 6.07) is 12.0. The summed E-state index contributed by atoms with van der Waals surface area (Å²) in [7, 11) is 0. The maximum absolute atomic E-state index is 12.6. The van der Waals surface area contributed by atoms with Crippen LogP contribution in [0.1, 0.15) is 27.4 Å². The number of likely N-dealkylation sites (tertiary alicyclic amines) is 1. The summed E-state index contributed by atoms with van der Waals surface area (Å²) in [5, 5.41) is 0. The van der Waals surface area contributed by atoms with Gasteiger partial charge >= 0.3 is 0 Å². The SMILES string of the molecule is Cc1cncc(C(=O)N2C[C@@H](N)[C@H](c3ccccc3)C2)c1. The minimum Gasteiger partial charge on any atom is -0.336 e. The zero-order valence-electron chi connectivity index (χ0n) is 12.1. The number of aromatic nitrogens is 1. The van der Waals surface area contributed by atoms with Crippen molar-refractivity contribution >= 4 is 5.91 Å². The Morgan fingerprint density at radius 2 is 2.00 bits per heavy atom. The van der Waals surface area contributed by atoms with Crippen LogP contribution in [0.15, 0.2) is 48.8 Å². The van der Waals surface area contributed by atoms with Crippen molar-refractivity contribution in [2.24, 2.45) is 5.73 Å². The Morgan fingerprint density at radius 3 is 2.71 bits per heavy atom. The van der Waals surface area contributed by atoms with E-state index in [0.29, 0.717) is 18.7 Å². The van der Waals surface area contributed by atoms with Crippen molar-refractivity contribution < 1.29 is 4.79 Å². The van der Waals surface area contributed by atoms with E-state index in [1.165, 1.54) is 5.56 Å². The summed E-state index contributed by atoms with van der Waals surface area (Å²) in [5.41, 5.74) is 9.06. The second kappa shape index (κ2) is 5.66. The molecule has 0 spiro atoms. The number of pyridine rings is 1. The highest BCUT2D eigenvalue weighted by molar-refractivity contribution is 5.94. The monoisotopic (exact) mass is 281 g/mol. The number of hydrogen-bond acceptors (Lipinski definition) is 3. The summed E-state index contributed by atoms with van der Waals surface area (Å²) in [6.07, 6.45) is 3.37. The molecule has 1 aromatic heterocycles. The minimum absolute atomic E-state index is 0.0140. The number of aryl methyl sites for hydroxylation is 1. The summed E-state index contributed by atoms with van der Waals surface area (Å²) in [4.78, 5) is 18.5. The zero-order chi connectivity index (χ0) is 14.8. The topological polar surface area (TPSA) is 59.2 Å². The third-order valence-corrected chi connectivity index (χ3v) is 4.00. The molecule has 1 aliphatic rings. The summed E-state index contributed by atoms with van der Waals surface area (Å²) < 4.78 is 0. The van der Waals surface area contributed by atoms with Gasteiger partial charge in [-0.1, -0.05) is 30.3 Å². The van der Waals surface area contributed by atoms with Gasteiger partial charge in [-0.2, -0.15) is 0 Å². The predicted molar refractivity (Wildman–Crippen MR) is 82.0 cm³/mol. The average Bonchev–Trinajstić information content (AvgIpc) is 2.89. The molecule has 0 unspecified atom stereocenters. The van der Waals surface area contributed by atoms with Crippen molar-refractivity contribution in [3.05, 3.63) is 65.5 Å². The number of carbonyl (C=O) groups excluding carboxylic acids is 1. The largest absolute Gasteiger partial charge is 0.336 e. The van der Waals surface area contributed by atoms with E-state index < -0.39 is 0 Å². The fourth-order valence-electron chi connectivity index (χ4n) is 2.90. The van der Waals surface area contributed by atoms with Gasteiger partial charge in [0.15, 0.2) is 0 Å². The van der Waals surface area contributed by atoms with Crippen LogP contribution in [0.4, 0.5) is 0 Å². The van der Waals surface area contributed by atoms with Gasteiger partial charge in [-0.15, -0.1) is 0 Å². The Labute approximate surface area is 124 Å². The normalized spacial score (nSPS) is 21.5. The van der Waals surface area contributed by atoms with Crippen LogP contribution in [0.25, 0.3) is 0 Å². The van der Waals surface area contributed by atoms with E-state index in [-0.39, 0.29) is 17.9 Å². The lowest BCUT2D eigenvalue weighted by Gasteiger charge is -2.16. The molecular formula is C17H19N3O. The molecule has 0 radical (unpaired) electrons. The lowest BCUT2D eigenvalue weighted by atomic mass is 9.95. The van der Waals surface area contributed by atoms with Crippen LogP contribution in [0.3, 0.4) is 0 Å². The molecule has 0 aliphatic carbocycles. The Kier molecular flexibility index (Phi) is 3.71. The van der Waals surface area contributed by atoms with Crippen LogP contribution in [0.5, 0.6) is 0 Å². The molecule has 2 N–H and O–H groups in total. The van der Waals surface area contributed by atoms with Crippen molar-refractivity contribution in [2.75, 3.05) is 13.1 Å². The summed E-state index contributed by atoms with van der Waals surface area (Å²) in [5.74, 6) is 0.216. The molecule has 1 aliphatic heterocycles. The van der Waals surface area contributed by atoms with Crippen LogP contribution in [-0.4, -0.2) is 34.9 Å². The molecule has 0 saturated carbocycles. The molecule has 4 heteroatoms. The first-order chi connectivity index (χ1) is 10.1. The number of nitrogens with two attached hydrogens (primary N) is 1. The Bertz CT molecular complexity index is 641. The van der Waals surface area contributed by atoms with Crippen LogP contribution in [0, 0.1) is 6.92 Å². The van der Waals surface area contributed by atoms with Crippen molar-refractivity contribution in [3.8, 4) is 0 Å². The van der Waals surface area contributed by atoms with Gasteiger partial charge in [0.05, 0.1) is 5.56 Å². The molecule has 2 aromatic rings. The van der Waals surface area contributed by atoms with Gasteiger partial charge in [0.1, 0.15) is 0 Å². The van der Waals surface area contributed by atoms with Gasteiger partial charge in [0, 0.05) is 37.4 Å². The molecule has 4 nitrogen and oxygen atoms in total. The van der Waals surface area contributed by atoms with Crippen LogP contribution >= 0.6 is 0 Å². The fourth-order valence-corrected chi connectivity index (χ4v) is 2.90. The fraction of sp³-hybridized carbons (Fsp3) is 0.294. The summed E-state index contributed by atoms with van der Waals surface area (Å²) >= 11 is 0. The molecule has 21 heavy (non-hydrogen) atoms. The molecule has 0 bridgehead atoms. The van der Waals surface area contributed by atoms with E-state index in [4.69, 9.17) is 5.73 Å². The predicted octanol–water partition coefficient (Wildman–Crippen LogP) is 1.96. The van der Waals surface area contributed by atoms with Crippen LogP contribution < -0.4 is 5.73 Å². The smallest absolute Gasteiger partial charge is 0.255 e. The minimum atomic E-state index is -0.0193. The molecule has 1 fully saturated rings. The molecule has 2 heterocycles. The standard InChI is InChI=1S/C17H19N3O/c1-12-7-14(9-19-8-12)17(21)20-10-15(16(18)11-20)13-5-3-2-4-6-13/h2-9,15-16H,10-11,18H2,1H3/t15-,16+/m0/s1. The number of amides is 1. The van der Waals surface area contributed by atoms with E-state index in [0.717, 1.165) is 5.56 Å². The average molecular weight is 281 g/mol. The van der Waals surface area contributed by atoms with Gasteiger partial charge in [0.25, 0.3) is 5.91 Å². The van der Waals surface area contributed by atoms with Crippen LogP contribution in [-0.2, 0) is 0 Å². The quantitative estimate of drug-likeness (QED) is 0.915. The number of benzene rings is 1. The second-order valence-electron chi connectivity index (χ2n) is 5.64. The van der Waals surface area contributed by atoms with Gasteiger partial charge in [0.2, 0.25) is 0 Å². The van der Waals surface area contributed by atoms with Crippen molar-refractivity contribution in [3.63, 3.8) is 0 Å². The maximum Gasteiger partial charge on any atom is 0.255 e. The van der Waals surface area contributed by atoms with Gasteiger partial charge in [-0.25, -0.2) is 0 Å². The number of carbonyl (C=O) groups is 1. The molecule has 3 rings (SSSR count). The lowest BCUT2D eigenvalue weighted by molar-refractivity contribution is 0.0788. The highest BCUT2D eigenvalue weighted by atomic mass is 16.2. The first kappa shape index (κ1) is 13.8. The van der Waals surface area contributed by atoms with Gasteiger partial charge in [-0.05, 0) is 24.1 Å². The Morgan fingerprint density at radius 1 is 1.24 bits per heavy atom.